The quantitative estimate of drug-likeness (QED) is 0.898. The van der Waals surface area contributed by atoms with Crippen molar-refractivity contribution in [3.8, 4) is 0 Å². The maximum absolute atomic E-state index is 10.0. The summed E-state index contributed by atoms with van der Waals surface area (Å²) in [5.74, 6) is 0.763. The van der Waals surface area contributed by atoms with Crippen LogP contribution in [0.25, 0.3) is 10.2 Å². The maximum Gasteiger partial charge on any atom is 0.0964 e. The van der Waals surface area contributed by atoms with Gasteiger partial charge in [-0.15, -0.1) is 11.3 Å². The second-order valence-electron chi connectivity index (χ2n) is 4.97. The highest BCUT2D eigenvalue weighted by atomic mass is 32.1. The van der Waals surface area contributed by atoms with Gasteiger partial charge in [0.05, 0.1) is 21.3 Å². The molecule has 2 nitrogen and oxygen atoms in total. The number of hydrogen-bond donors (Lipinski definition) is 1. The summed E-state index contributed by atoms with van der Waals surface area (Å²) in [7, 11) is 0. The molecule has 17 heavy (non-hydrogen) atoms. The minimum Gasteiger partial charge on any atom is -0.393 e. The summed E-state index contributed by atoms with van der Waals surface area (Å²) in [6, 6.07) is 8.17. The number of para-hydroxylation sites is 1. The van der Waals surface area contributed by atoms with Gasteiger partial charge >= 0.3 is 0 Å². The molecule has 3 heteroatoms. The Morgan fingerprint density at radius 2 is 2.18 bits per heavy atom. The molecular formula is C14H17NOS. The lowest BCUT2D eigenvalue weighted by Gasteiger charge is -2.27. The predicted octanol–water partition coefficient (Wildman–Crippen LogP) is 3.39. The van der Waals surface area contributed by atoms with Gasteiger partial charge in [0.1, 0.15) is 0 Å². The van der Waals surface area contributed by atoms with Gasteiger partial charge in [-0.05, 0) is 24.5 Å². The molecule has 1 aromatic carbocycles. The first-order valence-corrected chi connectivity index (χ1v) is 7.15. The zero-order valence-electron chi connectivity index (χ0n) is 9.80. The average Bonchev–Trinajstić information content (AvgIpc) is 2.65. The summed E-state index contributed by atoms with van der Waals surface area (Å²) in [4.78, 5) is 4.56. The van der Waals surface area contributed by atoms with Crippen molar-refractivity contribution in [2.24, 2.45) is 5.92 Å². The molecule has 0 radical (unpaired) electrons. The van der Waals surface area contributed by atoms with Crippen LogP contribution < -0.4 is 0 Å². The third-order valence-electron chi connectivity index (χ3n) is 3.58. The molecule has 0 spiro atoms. The third kappa shape index (κ3) is 2.50. The highest BCUT2D eigenvalue weighted by molar-refractivity contribution is 7.18. The molecule has 1 aliphatic carbocycles. The van der Waals surface area contributed by atoms with Crippen molar-refractivity contribution in [2.45, 2.75) is 38.2 Å². The van der Waals surface area contributed by atoms with E-state index in [0.29, 0.717) is 0 Å². The van der Waals surface area contributed by atoms with Crippen LogP contribution in [0.4, 0.5) is 0 Å². The van der Waals surface area contributed by atoms with Gasteiger partial charge in [-0.2, -0.15) is 0 Å². The van der Waals surface area contributed by atoms with Crippen molar-refractivity contribution >= 4 is 21.6 Å². The lowest BCUT2D eigenvalue weighted by Crippen LogP contribution is -2.20. The lowest BCUT2D eigenvalue weighted by molar-refractivity contribution is 0.118. The molecule has 1 N–H and O–H groups in total. The summed E-state index contributed by atoms with van der Waals surface area (Å²) >= 11 is 1.71. The largest absolute Gasteiger partial charge is 0.393 e. The Bertz CT molecular complexity index is 471. The number of aliphatic hydroxyl groups is 1. The molecule has 1 atom stereocenters. The van der Waals surface area contributed by atoms with Crippen LogP contribution in [0.15, 0.2) is 24.3 Å². The predicted molar refractivity (Wildman–Crippen MR) is 71.3 cm³/mol. The Morgan fingerprint density at radius 3 is 2.88 bits per heavy atom. The first-order chi connectivity index (χ1) is 8.31. The minimum absolute atomic E-state index is 0.208. The second kappa shape index (κ2) is 4.75. The zero-order valence-corrected chi connectivity index (χ0v) is 10.6. The molecule has 0 aliphatic heterocycles. The van der Waals surface area contributed by atoms with Crippen molar-refractivity contribution in [3.05, 3.63) is 29.3 Å². The molecule has 0 amide bonds. The van der Waals surface area contributed by atoms with Crippen LogP contribution in [0, 0.1) is 5.92 Å². The molecule has 1 aromatic heterocycles. The number of fused-ring (bicyclic) bond motifs is 1. The first kappa shape index (κ1) is 11.2. The fourth-order valence-electron chi connectivity index (χ4n) is 2.41. The van der Waals surface area contributed by atoms with Crippen LogP contribution in [0.2, 0.25) is 0 Å². The lowest BCUT2D eigenvalue weighted by atomic mass is 9.81. The van der Waals surface area contributed by atoms with E-state index in [2.05, 4.69) is 11.1 Å². The fraction of sp³-hybridized carbons (Fsp3) is 0.500. The van der Waals surface area contributed by atoms with E-state index in [-0.39, 0.29) is 6.10 Å². The van der Waals surface area contributed by atoms with Crippen LogP contribution in [0.3, 0.4) is 0 Å². The molecular weight excluding hydrogens is 230 g/mol. The molecule has 2 aromatic rings. The van der Waals surface area contributed by atoms with Gasteiger partial charge in [-0.3, -0.25) is 0 Å². The number of aromatic nitrogens is 1. The van der Waals surface area contributed by atoms with E-state index in [9.17, 15) is 5.11 Å². The number of thiazole rings is 1. The van der Waals surface area contributed by atoms with Crippen LogP contribution in [-0.2, 0) is 6.42 Å². The van der Waals surface area contributed by atoms with Crippen LogP contribution in [0.5, 0.6) is 0 Å². The smallest absolute Gasteiger partial charge is 0.0964 e. The van der Waals surface area contributed by atoms with Gasteiger partial charge in [-0.1, -0.05) is 31.4 Å². The van der Waals surface area contributed by atoms with E-state index in [4.69, 9.17) is 0 Å². The number of rotatable bonds is 4. The summed E-state index contributed by atoms with van der Waals surface area (Å²) in [6.45, 7) is 0. The summed E-state index contributed by atoms with van der Waals surface area (Å²) in [5, 5.41) is 11.1. The van der Waals surface area contributed by atoms with Gasteiger partial charge < -0.3 is 5.11 Å². The van der Waals surface area contributed by atoms with E-state index in [1.54, 1.807) is 11.3 Å². The van der Waals surface area contributed by atoms with Gasteiger partial charge in [0.2, 0.25) is 0 Å². The SMILES string of the molecule is OC(Cc1nc2ccccc2s1)CC1CCC1. The van der Waals surface area contributed by atoms with E-state index in [1.165, 1.54) is 24.0 Å². The topological polar surface area (TPSA) is 33.1 Å². The molecule has 1 fully saturated rings. The first-order valence-electron chi connectivity index (χ1n) is 6.34. The van der Waals surface area contributed by atoms with Crippen molar-refractivity contribution in [1.29, 1.82) is 0 Å². The highest BCUT2D eigenvalue weighted by Crippen LogP contribution is 2.31. The minimum atomic E-state index is -0.208. The van der Waals surface area contributed by atoms with Gasteiger partial charge in [0.25, 0.3) is 0 Å². The second-order valence-corrected chi connectivity index (χ2v) is 6.08. The van der Waals surface area contributed by atoms with Crippen molar-refractivity contribution in [1.82, 2.24) is 4.98 Å². The molecule has 1 unspecified atom stereocenters. The van der Waals surface area contributed by atoms with Crippen LogP contribution in [-0.4, -0.2) is 16.2 Å². The molecule has 1 heterocycles. The molecule has 0 bridgehead atoms. The maximum atomic E-state index is 10.0. The van der Waals surface area contributed by atoms with E-state index < -0.39 is 0 Å². The molecule has 0 saturated heterocycles. The Morgan fingerprint density at radius 1 is 1.35 bits per heavy atom. The van der Waals surface area contributed by atoms with E-state index in [1.807, 2.05) is 18.2 Å². The van der Waals surface area contributed by atoms with E-state index in [0.717, 1.165) is 29.3 Å². The summed E-state index contributed by atoms with van der Waals surface area (Å²) in [5.41, 5.74) is 1.06. The van der Waals surface area contributed by atoms with Gasteiger partial charge in [-0.25, -0.2) is 4.98 Å². The highest BCUT2D eigenvalue weighted by Gasteiger charge is 2.21. The fourth-order valence-corrected chi connectivity index (χ4v) is 3.44. The Kier molecular flexibility index (Phi) is 3.12. The number of nitrogens with zero attached hydrogens (tertiary/aromatic N) is 1. The molecule has 1 aliphatic rings. The molecule has 90 valence electrons. The number of aliphatic hydroxyl groups excluding tert-OH is 1. The Balaban J connectivity index is 1.66. The average molecular weight is 247 g/mol. The van der Waals surface area contributed by atoms with Gasteiger partial charge in [0.15, 0.2) is 0 Å². The summed E-state index contributed by atoms with van der Waals surface area (Å²) in [6.07, 6.45) is 5.42. The molecule has 3 rings (SSSR count). The van der Waals surface area contributed by atoms with Crippen molar-refractivity contribution in [2.75, 3.05) is 0 Å². The van der Waals surface area contributed by atoms with Crippen LogP contribution >= 0.6 is 11.3 Å². The standard InChI is InChI=1S/C14H17NOS/c16-11(8-10-4-3-5-10)9-14-15-12-6-1-2-7-13(12)17-14/h1-2,6-7,10-11,16H,3-5,8-9H2. The van der Waals surface area contributed by atoms with Crippen molar-refractivity contribution < 1.29 is 5.11 Å². The number of benzene rings is 1. The normalized spacial score (nSPS) is 18.2. The van der Waals surface area contributed by atoms with Crippen LogP contribution in [0.1, 0.15) is 30.7 Å². The third-order valence-corrected chi connectivity index (χ3v) is 4.64. The molecule has 1 saturated carbocycles. The summed E-state index contributed by atoms with van der Waals surface area (Å²) < 4.78 is 1.22. The Hall–Kier alpha value is -0.930. The number of hydrogen-bond acceptors (Lipinski definition) is 3. The van der Waals surface area contributed by atoms with Crippen molar-refractivity contribution in [3.63, 3.8) is 0 Å². The monoisotopic (exact) mass is 247 g/mol. The Labute approximate surface area is 105 Å². The van der Waals surface area contributed by atoms with Gasteiger partial charge in [0, 0.05) is 6.42 Å². The van der Waals surface area contributed by atoms with E-state index >= 15 is 0 Å². The zero-order chi connectivity index (χ0) is 11.7.